The van der Waals surface area contributed by atoms with Crippen molar-refractivity contribution < 1.29 is 39.6 Å². The number of hydrogen-bond donors (Lipinski definition) is 0. The fourth-order valence-electron chi connectivity index (χ4n) is 5.60. The molecule has 224 valence electrons. The summed E-state index contributed by atoms with van der Waals surface area (Å²) in [7, 11) is -5.34. The van der Waals surface area contributed by atoms with E-state index in [1.807, 2.05) is 6.07 Å². The fraction of sp³-hybridized carbons (Fsp3) is 0.379. The molecule has 5 rings (SSSR count). The van der Waals surface area contributed by atoms with Gasteiger partial charge in [0.2, 0.25) is 21.7 Å². The first-order valence-electron chi connectivity index (χ1n) is 13.5. The van der Waals surface area contributed by atoms with E-state index in [1.54, 1.807) is 19.2 Å². The number of carbonyl (C=O) groups is 1. The fourth-order valence-corrected chi connectivity index (χ4v) is 7.35. The minimum absolute atomic E-state index is 0.0913. The maximum absolute atomic E-state index is 14.5. The first-order chi connectivity index (χ1) is 19.9. The molecule has 1 saturated heterocycles. The van der Waals surface area contributed by atoms with Crippen LogP contribution in [0.25, 0.3) is 0 Å². The predicted molar refractivity (Wildman–Crippen MR) is 141 cm³/mol. The highest BCUT2D eigenvalue weighted by atomic mass is 32.2. The number of anilines is 1. The van der Waals surface area contributed by atoms with Crippen LogP contribution in [0, 0.1) is 34.9 Å². The summed E-state index contributed by atoms with van der Waals surface area (Å²) in [6.45, 7) is 1.23. The van der Waals surface area contributed by atoms with Gasteiger partial charge < -0.3 is 4.90 Å². The van der Waals surface area contributed by atoms with Gasteiger partial charge in [-0.2, -0.15) is 4.31 Å². The number of nitrogens with zero attached hydrogens (tertiary/aromatic N) is 3. The van der Waals surface area contributed by atoms with Crippen LogP contribution >= 0.6 is 0 Å². The number of aromatic nitrogens is 1. The van der Waals surface area contributed by atoms with Crippen LogP contribution in [0.3, 0.4) is 0 Å². The van der Waals surface area contributed by atoms with Crippen molar-refractivity contribution in [2.45, 2.75) is 68.3 Å². The molecule has 1 saturated carbocycles. The van der Waals surface area contributed by atoms with Gasteiger partial charge in [-0.15, -0.1) is 0 Å². The van der Waals surface area contributed by atoms with Gasteiger partial charge >= 0.3 is 0 Å². The lowest BCUT2D eigenvalue weighted by Crippen LogP contribution is -2.59. The van der Waals surface area contributed by atoms with Crippen LogP contribution in [0.15, 0.2) is 47.5 Å². The maximum atomic E-state index is 14.5. The number of rotatable bonds is 7. The van der Waals surface area contributed by atoms with E-state index in [-0.39, 0.29) is 12.1 Å². The zero-order valence-corrected chi connectivity index (χ0v) is 23.3. The van der Waals surface area contributed by atoms with Crippen molar-refractivity contribution in [3.05, 3.63) is 88.8 Å². The monoisotopic (exact) mass is 611 g/mol. The Morgan fingerprint density at radius 1 is 0.857 bits per heavy atom. The summed E-state index contributed by atoms with van der Waals surface area (Å²) >= 11 is 0. The Balaban J connectivity index is 1.48. The highest BCUT2D eigenvalue weighted by Crippen LogP contribution is 2.37. The number of carbonyl (C=O) groups excluding carboxylic acids is 1. The molecule has 1 aliphatic carbocycles. The summed E-state index contributed by atoms with van der Waals surface area (Å²) in [5.74, 6) is -13.4. The van der Waals surface area contributed by atoms with Gasteiger partial charge in [0.1, 0.15) is 11.9 Å². The molecule has 0 bridgehead atoms. The van der Waals surface area contributed by atoms with Crippen molar-refractivity contribution in [3.63, 3.8) is 0 Å². The Morgan fingerprint density at radius 2 is 1.45 bits per heavy atom. The van der Waals surface area contributed by atoms with Crippen molar-refractivity contribution in [3.8, 4) is 0 Å². The summed E-state index contributed by atoms with van der Waals surface area (Å²) in [6, 6.07) is 6.16. The second kappa shape index (κ2) is 11.7. The Kier molecular flexibility index (Phi) is 8.35. The average Bonchev–Trinajstić information content (AvgIpc) is 2.96. The second-order valence-electron chi connectivity index (χ2n) is 10.5. The van der Waals surface area contributed by atoms with E-state index in [0.717, 1.165) is 43.4 Å². The standard InChI is InChI=1S/C29H27F6N3O3S/c1-16(21-12-7-18(15-36-21)17-5-3-2-4-6-17)38(20-10-8-19(30)9-11-20)29(39)22-13-14-37(22)42(40,41)28-26(34)24(32)23(31)25(33)27(28)35/h7-12,15-17,22H,2-6,13-14H2,1H3/t16?,22-/m1/s1. The van der Waals surface area contributed by atoms with Crippen LogP contribution in [0.5, 0.6) is 0 Å². The van der Waals surface area contributed by atoms with E-state index >= 15 is 0 Å². The molecule has 0 N–H and O–H groups in total. The molecule has 2 heterocycles. The van der Waals surface area contributed by atoms with Gasteiger partial charge in [0, 0.05) is 18.4 Å². The molecule has 6 nitrogen and oxygen atoms in total. The summed E-state index contributed by atoms with van der Waals surface area (Å²) in [6.07, 6.45) is 7.18. The molecule has 2 atom stereocenters. The smallest absolute Gasteiger partial charge is 0.249 e. The third-order valence-electron chi connectivity index (χ3n) is 8.04. The van der Waals surface area contributed by atoms with Gasteiger partial charge in [-0.05, 0) is 68.0 Å². The molecule has 2 fully saturated rings. The molecule has 13 heteroatoms. The summed E-state index contributed by atoms with van der Waals surface area (Å²) in [4.78, 5) is 17.6. The lowest BCUT2D eigenvalue weighted by Gasteiger charge is -2.42. The van der Waals surface area contributed by atoms with E-state index in [2.05, 4.69) is 4.98 Å². The molecule has 3 aromatic rings. The Hall–Kier alpha value is -3.45. The molecule has 2 aromatic carbocycles. The van der Waals surface area contributed by atoms with Crippen LogP contribution in [0.2, 0.25) is 0 Å². The number of benzene rings is 2. The minimum Gasteiger partial charge on any atom is -0.302 e. The van der Waals surface area contributed by atoms with Crippen molar-refractivity contribution in [1.82, 2.24) is 9.29 Å². The van der Waals surface area contributed by atoms with Gasteiger partial charge in [-0.25, -0.2) is 34.8 Å². The third kappa shape index (κ3) is 5.28. The van der Waals surface area contributed by atoms with Gasteiger partial charge in [0.05, 0.1) is 11.7 Å². The Bertz CT molecular complexity index is 1570. The molecule has 1 aromatic heterocycles. The number of halogens is 6. The zero-order valence-electron chi connectivity index (χ0n) is 22.5. The first-order valence-corrected chi connectivity index (χ1v) is 14.9. The van der Waals surface area contributed by atoms with Gasteiger partial charge in [0.25, 0.3) is 0 Å². The van der Waals surface area contributed by atoms with Crippen LogP contribution < -0.4 is 4.90 Å². The molecule has 1 aliphatic heterocycles. The van der Waals surface area contributed by atoms with Crippen LogP contribution in [-0.4, -0.2) is 36.2 Å². The van der Waals surface area contributed by atoms with Gasteiger partial charge in [-0.3, -0.25) is 9.78 Å². The first kappa shape index (κ1) is 30.0. The van der Waals surface area contributed by atoms with E-state index < -0.39 is 74.4 Å². The van der Waals surface area contributed by atoms with Crippen LogP contribution in [-0.2, 0) is 14.8 Å². The lowest BCUT2D eigenvalue weighted by atomic mass is 9.85. The Labute approximate surface area is 239 Å². The third-order valence-corrected chi connectivity index (χ3v) is 9.96. The molecule has 0 radical (unpaired) electrons. The van der Waals surface area contributed by atoms with Crippen molar-refractivity contribution in [1.29, 1.82) is 0 Å². The van der Waals surface area contributed by atoms with Crippen molar-refractivity contribution in [2.24, 2.45) is 0 Å². The summed E-state index contributed by atoms with van der Waals surface area (Å²) < 4.78 is 111. The second-order valence-corrected chi connectivity index (χ2v) is 12.4. The molecular formula is C29H27F6N3O3S. The normalized spacial score (nSPS) is 18.9. The largest absolute Gasteiger partial charge is 0.302 e. The van der Waals surface area contributed by atoms with E-state index in [1.165, 1.54) is 23.5 Å². The van der Waals surface area contributed by atoms with Crippen LogP contribution in [0.1, 0.15) is 68.7 Å². The SMILES string of the molecule is CC(c1ccc(C2CCCCC2)cn1)N(C(=O)[C@H]1CCN1S(=O)(=O)c1c(F)c(F)c(F)c(F)c1F)c1ccc(F)cc1. The predicted octanol–water partition coefficient (Wildman–Crippen LogP) is 6.52. The van der Waals surface area contributed by atoms with E-state index in [9.17, 15) is 39.6 Å². The molecule has 2 aliphatic rings. The highest BCUT2D eigenvalue weighted by Gasteiger charge is 2.48. The summed E-state index contributed by atoms with van der Waals surface area (Å²) in [5.41, 5.74) is 1.69. The quantitative estimate of drug-likeness (QED) is 0.173. The molecular weight excluding hydrogens is 584 g/mol. The highest BCUT2D eigenvalue weighted by molar-refractivity contribution is 7.89. The maximum Gasteiger partial charge on any atom is 0.249 e. The minimum atomic E-state index is -5.34. The lowest BCUT2D eigenvalue weighted by molar-refractivity contribution is -0.125. The van der Waals surface area contributed by atoms with E-state index in [4.69, 9.17) is 0 Å². The molecule has 42 heavy (non-hydrogen) atoms. The molecule has 0 spiro atoms. The topological polar surface area (TPSA) is 70.6 Å². The number of pyridine rings is 1. The van der Waals surface area contributed by atoms with Gasteiger partial charge in [-0.1, -0.05) is 25.3 Å². The summed E-state index contributed by atoms with van der Waals surface area (Å²) in [5, 5.41) is 0. The molecule has 1 unspecified atom stereocenters. The van der Waals surface area contributed by atoms with Gasteiger partial charge in [0.15, 0.2) is 28.2 Å². The van der Waals surface area contributed by atoms with Crippen LogP contribution in [0.4, 0.5) is 32.0 Å². The number of hydrogen-bond acceptors (Lipinski definition) is 4. The number of amides is 1. The molecule has 1 amide bonds. The van der Waals surface area contributed by atoms with E-state index in [0.29, 0.717) is 15.9 Å². The Morgan fingerprint density at radius 3 is 1.98 bits per heavy atom. The van der Waals surface area contributed by atoms with Crippen molar-refractivity contribution in [2.75, 3.05) is 11.4 Å². The van der Waals surface area contributed by atoms with Crippen molar-refractivity contribution >= 4 is 21.6 Å². The average molecular weight is 612 g/mol. The number of sulfonamides is 1. The zero-order chi connectivity index (χ0) is 30.3.